The van der Waals surface area contributed by atoms with Crippen molar-refractivity contribution < 1.29 is 18.8 Å². The van der Waals surface area contributed by atoms with Crippen LogP contribution >= 0.6 is 0 Å². The molecule has 0 unspecified atom stereocenters. The number of furan rings is 1. The van der Waals surface area contributed by atoms with Gasteiger partial charge in [0.05, 0.1) is 6.26 Å². The lowest BCUT2D eigenvalue weighted by molar-refractivity contribution is -0.123. The number of hydrogen-bond acceptors (Lipinski definition) is 4. The smallest absolute Gasteiger partial charge is 0.294 e. The Balaban J connectivity index is 1.80. The van der Waals surface area contributed by atoms with Gasteiger partial charge in [-0.2, -0.15) is 0 Å². The SMILES string of the molecule is CCc1ccc([C@H](C(=O)NC2CCCC2)N(C(=O)c2ccco2)c2ccc(C(C)=O)cc2)cc1. The van der Waals surface area contributed by atoms with E-state index >= 15 is 0 Å². The third-order valence-electron chi connectivity index (χ3n) is 6.41. The summed E-state index contributed by atoms with van der Waals surface area (Å²) in [6, 6.07) is 17.0. The quantitative estimate of drug-likeness (QED) is 0.453. The van der Waals surface area contributed by atoms with E-state index in [4.69, 9.17) is 4.42 Å². The summed E-state index contributed by atoms with van der Waals surface area (Å²) in [7, 11) is 0. The number of rotatable bonds is 8. The Labute approximate surface area is 200 Å². The van der Waals surface area contributed by atoms with Gasteiger partial charge in [-0.25, -0.2) is 0 Å². The first-order chi connectivity index (χ1) is 16.5. The van der Waals surface area contributed by atoms with E-state index in [-0.39, 0.29) is 23.5 Å². The number of benzene rings is 2. The molecule has 2 aromatic carbocycles. The Bertz CT molecular complexity index is 1130. The predicted octanol–water partition coefficient (Wildman–Crippen LogP) is 5.49. The molecule has 6 nitrogen and oxygen atoms in total. The number of nitrogens with zero attached hydrogens (tertiary/aromatic N) is 1. The van der Waals surface area contributed by atoms with E-state index in [0.29, 0.717) is 16.8 Å². The summed E-state index contributed by atoms with van der Waals surface area (Å²) in [4.78, 5) is 40.7. The number of amides is 2. The molecule has 176 valence electrons. The van der Waals surface area contributed by atoms with Crippen LogP contribution in [0.25, 0.3) is 0 Å². The Hall–Kier alpha value is -3.67. The summed E-state index contributed by atoms with van der Waals surface area (Å²) in [5.41, 5.74) is 2.91. The van der Waals surface area contributed by atoms with Gasteiger partial charge in [0.1, 0.15) is 6.04 Å². The van der Waals surface area contributed by atoms with Crippen LogP contribution in [0, 0.1) is 0 Å². The Morgan fingerprint density at radius 2 is 1.68 bits per heavy atom. The van der Waals surface area contributed by atoms with E-state index in [1.165, 1.54) is 18.1 Å². The second-order valence-electron chi connectivity index (χ2n) is 8.74. The zero-order valence-corrected chi connectivity index (χ0v) is 19.6. The molecule has 1 N–H and O–H groups in total. The summed E-state index contributed by atoms with van der Waals surface area (Å²) >= 11 is 0. The Kier molecular flexibility index (Phi) is 7.26. The number of hydrogen-bond donors (Lipinski definition) is 1. The normalized spacial score (nSPS) is 14.5. The highest BCUT2D eigenvalue weighted by Crippen LogP contribution is 2.31. The zero-order chi connectivity index (χ0) is 24.1. The molecule has 3 aromatic rings. The van der Waals surface area contributed by atoms with Gasteiger partial charge in [-0.3, -0.25) is 19.3 Å². The molecule has 4 rings (SSSR count). The lowest BCUT2D eigenvalue weighted by Crippen LogP contribution is -2.46. The Morgan fingerprint density at radius 1 is 1.00 bits per heavy atom. The molecule has 1 aliphatic carbocycles. The van der Waals surface area contributed by atoms with Crippen molar-refractivity contribution in [3.05, 3.63) is 89.4 Å². The minimum absolute atomic E-state index is 0.0684. The fraction of sp³-hybridized carbons (Fsp3) is 0.321. The van der Waals surface area contributed by atoms with E-state index in [1.807, 2.05) is 24.3 Å². The molecular weight excluding hydrogens is 428 g/mol. The van der Waals surface area contributed by atoms with Gasteiger partial charge in [0.15, 0.2) is 11.5 Å². The number of Topliss-reactive ketones (excluding diaryl/α,β-unsaturated/α-hetero) is 1. The third-order valence-corrected chi connectivity index (χ3v) is 6.41. The number of anilines is 1. The monoisotopic (exact) mass is 458 g/mol. The average molecular weight is 459 g/mol. The van der Waals surface area contributed by atoms with E-state index < -0.39 is 11.9 Å². The summed E-state index contributed by atoms with van der Waals surface area (Å²) < 4.78 is 5.42. The molecule has 1 aliphatic rings. The van der Waals surface area contributed by atoms with E-state index in [9.17, 15) is 14.4 Å². The van der Waals surface area contributed by atoms with Crippen molar-refractivity contribution >= 4 is 23.3 Å². The third kappa shape index (κ3) is 5.11. The number of ketones is 1. The van der Waals surface area contributed by atoms with Gasteiger partial charge in [0.25, 0.3) is 5.91 Å². The lowest BCUT2D eigenvalue weighted by Gasteiger charge is -2.32. The van der Waals surface area contributed by atoms with Crippen molar-refractivity contribution in [3.63, 3.8) is 0 Å². The molecule has 6 heteroatoms. The van der Waals surface area contributed by atoms with Crippen LogP contribution in [0.5, 0.6) is 0 Å². The second kappa shape index (κ2) is 10.5. The van der Waals surface area contributed by atoms with Crippen LogP contribution in [0.4, 0.5) is 5.69 Å². The molecule has 1 aromatic heterocycles. The van der Waals surface area contributed by atoms with E-state index in [0.717, 1.165) is 37.7 Å². The molecule has 34 heavy (non-hydrogen) atoms. The van der Waals surface area contributed by atoms with E-state index in [2.05, 4.69) is 12.2 Å². The minimum Gasteiger partial charge on any atom is -0.459 e. The largest absolute Gasteiger partial charge is 0.459 e. The lowest BCUT2D eigenvalue weighted by atomic mass is 9.99. The molecule has 1 fully saturated rings. The van der Waals surface area contributed by atoms with Gasteiger partial charge in [0, 0.05) is 17.3 Å². The number of carbonyl (C=O) groups excluding carboxylic acids is 3. The first-order valence-electron chi connectivity index (χ1n) is 11.8. The fourth-order valence-corrected chi connectivity index (χ4v) is 4.46. The molecule has 1 heterocycles. The van der Waals surface area contributed by atoms with Crippen molar-refractivity contribution in [2.24, 2.45) is 0 Å². The van der Waals surface area contributed by atoms with Gasteiger partial charge < -0.3 is 9.73 Å². The van der Waals surface area contributed by atoms with Crippen molar-refractivity contribution in [2.45, 2.75) is 58.0 Å². The van der Waals surface area contributed by atoms with Crippen molar-refractivity contribution in [1.82, 2.24) is 5.32 Å². The second-order valence-corrected chi connectivity index (χ2v) is 8.74. The van der Waals surface area contributed by atoms with Crippen molar-refractivity contribution in [2.75, 3.05) is 4.90 Å². The van der Waals surface area contributed by atoms with Crippen molar-refractivity contribution in [3.8, 4) is 0 Å². The van der Waals surface area contributed by atoms with Crippen LogP contribution in [0.3, 0.4) is 0 Å². The van der Waals surface area contributed by atoms with Crippen LogP contribution in [0.15, 0.2) is 71.3 Å². The van der Waals surface area contributed by atoms with Gasteiger partial charge in [-0.1, -0.05) is 44.0 Å². The summed E-state index contributed by atoms with van der Waals surface area (Å²) in [5.74, 6) is -0.584. The number of carbonyl (C=O) groups is 3. The van der Waals surface area contributed by atoms with Gasteiger partial charge in [-0.05, 0) is 73.7 Å². The number of nitrogens with one attached hydrogen (secondary N) is 1. The van der Waals surface area contributed by atoms with Gasteiger partial charge >= 0.3 is 0 Å². The first kappa shape index (κ1) is 23.5. The van der Waals surface area contributed by atoms with Crippen LogP contribution < -0.4 is 10.2 Å². The molecular formula is C28H30N2O4. The molecule has 0 saturated heterocycles. The molecule has 0 spiro atoms. The molecule has 2 amide bonds. The fourth-order valence-electron chi connectivity index (χ4n) is 4.46. The highest BCUT2D eigenvalue weighted by Gasteiger charge is 2.35. The maximum Gasteiger partial charge on any atom is 0.294 e. The molecule has 0 bridgehead atoms. The van der Waals surface area contributed by atoms with Crippen LogP contribution in [0.2, 0.25) is 0 Å². The minimum atomic E-state index is -0.896. The molecule has 0 aliphatic heterocycles. The summed E-state index contributed by atoms with van der Waals surface area (Å²) in [6.45, 7) is 3.57. The first-order valence-corrected chi connectivity index (χ1v) is 11.8. The summed E-state index contributed by atoms with van der Waals surface area (Å²) in [5, 5.41) is 3.17. The number of aryl methyl sites for hydroxylation is 1. The van der Waals surface area contributed by atoms with Crippen molar-refractivity contribution in [1.29, 1.82) is 0 Å². The van der Waals surface area contributed by atoms with Gasteiger partial charge in [-0.15, -0.1) is 0 Å². The maximum absolute atomic E-state index is 13.7. The van der Waals surface area contributed by atoms with Crippen LogP contribution in [-0.2, 0) is 11.2 Å². The van der Waals surface area contributed by atoms with Crippen LogP contribution in [0.1, 0.15) is 77.6 Å². The standard InChI is InChI=1S/C28H30N2O4/c1-3-20-10-12-22(13-11-20)26(27(32)29-23-7-4-5-8-23)30(28(33)25-9-6-18-34-25)24-16-14-21(15-17-24)19(2)31/h6,9-18,23,26H,3-5,7-8H2,1-2H3,(H,29,32)/t26-/m1/s1. The van der Waals surface area contributed by atoms with E-state index in [1.54, 1.807) is 36.4 Å². The van der Waals surface area contributed by atoms with Crippen LogP contribution in [-0.4, -0.2) is 23.6 Å². The highest BCUT2D eigenvalue weighted by atomic mass is 16.3. The summed E-state index contributed by atoms with van der Waals surface area (Å²) in [6.07, 6.45) is 6.36. The topological polar surface area (TPSA) is 79.6 Å². The highest BCUT2D eigenvalue weighted by molar-refractivity contribution is 6.09. The molecule has 1 atom stereocenters. The Morgan fingerprint density at radius 3 is 2.24 bits per heavy atom. The average Bonchev–Trinajstić information content (AvgIpc) is 3.57. The molecule has 1 saturated carbocycles. The zero-order valence-electron chi connectivity index (χ0n) is 19.6. The molecule has 0 radical (unpaired) electrons. The van der Waals surface area contributed by atoms with Gasteiger partial charge in [0.2, 0.25) is 5.91 Å². The predicted molar refractivity (Wildman–Crippen MR) is 131 cm³/mol. The maximum atomic E-state index is 13.7.